The number of nitrogens with zero attached hydrogens (tertiary/aromatic N) is 1. The minimum absolute atomic E-state index is 0.0144. The van der Waals surface area contributed by atoms with Crippen molar-refractivity contribution in [2.75, 3.05) is 20.3 Å². The number of hydrogen-bond acceptors (Lipinski definition) is 11. The Bertz CT molecular complexity index is 1590. The van der Waals surface area contributed by atoms with Crippen LogP contribution in [-0.4, -0.2) is 64.7 Å². The van der Waals surface area contributed by atoms with E-state index < -0.39 is 39.4 Å². The highest BCUT2D eigenvalue weighted by Gasteiger charge is 2.44. The Labute approximate surface area is 283 Å². The molecule has 1 saturated heterocycles. The number of amides is 3. The van der Waals surface area contributed by atoms with Gasteiger partial charge in [0, 0.05) is 17.4 Å². The van der Waals surface area contributed by atoms with Crippen LogP contribution in [0.1, 0.15) is 51.6 Å². The van der Waals surface area contributed by atoms with E-state index in [2.05, 4.69) is 26.6 Å². The fourth-order valence-electron chi connectivity index (χ4n) is 4.71. The Morgan fingerprint density at radius 1 is 1.09 bits per heavy atom. The van der Waals surface area contributed by atoms with Crippen LogP contribution in [0.3, 0.4) is 0 Å². The predicted octanol–water partition coefficient (Wildman–Crippen LogP) is 5.08. The number of ether oxygens (including phenoxy) is 3. The first-order chi connectivity index (χ1) is 22.5. The zero-order valence-corrected chi connectivity index (χ0v) is 27.8. The van der Waals surface area contributed by atoms with Gasteiger partial charge in [0.15, 0.2) is 0 Å². The highest BCUT2D eigenvalue weighted by molar-refractivity contribution is 9.10. The third-order valence-electron chi connectivity index (χ3n) is 7.14. The molecule has 0 aromatic heterocycles. The fourth-order valence-corrected chi connectivity index (χ4v) is 6.64. The summed E-state index contributed by atoms with van der Waals surface area (Å²) >= 11 is 4.04. The molecule has 13 nitrogen and oxygen atoms in total. The highest BCUT2D eigenvalue weighted by atomic mass is 79.9. The van der Waals surface area contributed by atoms with Crippen molar-refractivity contribution in [1.29, 1.82) is 0 Å². The third-order valence-corrected chi connectivity index (χ3v) is 8.99. The first kappa shape index (κ1) is 35.7. The monoisotopic (exact) mass is 731 g/mol. The lowest BCUT2D eigenvalue weighted by Gasteiger charge is -2.22. The molecule has 2 unspecified atom stereocenters. The number of carbonyl (C=O) groups is 4. The van der Waals surface area contributed by atoms with Crippen LogP contribution in [0, 0.1) is 5.21 Å². The average molecular weight is 733 g/mol. The van der Waals surface area contributed by atoms with Crippen molar-refractivity contribution in [3.63, 3.8) is 0 Å². The molecule has 0 radical (unpaired) electrons. The number of hydrogen-bond donors (Lipinski definition) is 4. The molecule has 3 aromatic carbocycles. The molecule has 0 saturated carbocycles. The molecule has 3 aromatic rings. The van der Waals surface area contributed by atoms with Gasteiger partial charge in [-0.15, -0.1) is 0 Å². The Hall–Kier alpha value is -4.15. The lowest BCUT2D eigenvalue weighted by molar-refractivity contribution is -0.880. The zero-order valence-electron chi connectivity index (χ0n) is 25.3. The van der Waals surface area contributed by atoms with Crippen LogP contribution in [0.15, 0.2) is 71.2 Å². The van der Waals surface area contributed by atoms with Gasteiger partial charge in [-0.05, 0) is 47.7 Å². The van der Waals surface area contributed by atoms with Crippen molar-refractivity contribution in [2.24, 2.45) is 0 Å². The number of methoxy groups -OCH3 is 1. The number of phenolic OH excluding ortho intramolecular Hbond substituents is 1. The third kappa shape index (κ3) is 9.92. The van der Waals surface area contributed by atoms with Gasteiger partial charge in [-0.1, -0.05) is 68.7 Å². The van der Waals surface area contributed by atoms with E-state index in [1.54, 1.807) is 42.5 Å². The first-order valence-corrected chi connectivity index (χ1v) is 16.2. The fraction of sp³-hybridized carbons (Fsp3) is 0.312. The van der Waals surface area contributed by atoms with Gasteiger partial charge in [-0.3, -0.25) is 4.79 Å². The molecule has 1 fully saturated rings. The first-order valence-electron chi connectivity index (χ1n) is 14.6. The van der Waals surface area contributed by atoms with Crippen LogP contribution in [0.4, 0.5) is 4.79 Å². The summed E-state index contributed by atoms with van der Waals surface area (Å²) in [5.41, 5.74) is 2.02. The number of nitrogens with one attached hydrogen (secondary N) is 2. The number of esters is 1. The van der Waals surface area contributed by atoms with Crippen molar-refractivity contribution in [1.82, 2.24) is 10.6 Å². The number of aromatic hydroxyl groups is 1. The van der Waals surface area contributed by atoms with Gasteiger partial charge in [0.1, 0.15) is 46.9 Å². The van der Waals surface area contributed by atoms with Crippen molar-refractivity contribution in [3.8, 4) is 11.5 Å². The average Bonchev–Trinajstić information content (AvgIpc) is 3.32. The standard InChI is InChI=1S/C32H34BrN3O10S/c1-44-31(40)29-25(37)10-7-11-26(29)45-15-6-5-14-34-30(39)24(35-32(41)46-19-20-8-3-2-4-9-20)17-21-12-13-22(23(33)16-21)27-18-28(38)36(42,43)47-27/h2-4,7-13,16,24,27,37,42H,5-6,14-15,17-19H2,1H3,(H,34,39)(H,35,41)/t24-,27?/m0/s1. The molecular weight excluding hydrogens is 698 g/mol. The highest BCUT2D eigenvalue weighted by Crippen LogP contribution is 2.47. The number of unbranched alkanes of at least 4 members (excludes halogenated alkanes) is 1. The largest absolute Gasteiger partial charge is 0.579 e. The van der Waals surface area contributed by atoms with E-state index in [0.29, 0.717) is 40.4 Å². The van der Waals surface area contributed by atoms with E-state index in [-0.39, 0.29) is 49.7 Å². The van der Waals surface area contributed by atoms with Gasteiger partial charge in [0.2, 0.25) is 5.91 Å². The van der Waals surface area contributed by atoms with E-state index in [4.69, 9.17) is 14.2 Å². The number of quaternary nitrogens is 1. The van der Waals surface area contributed by atoms with E-state index >= 15 is 0 Å². The number of benzene rings is 3. The molecular formula is C32H34BrN3O10S. The van der Waals surface area contributed by atoms with Crippen LogP contribution in [0.25, 0.3) is 0 Å². The van der Waals surface area contributed by atoms with Crippen LogP contribution in [0.5, 0.6) is 11.5 Å². The van der Waals surface area contributed by atoms with Gasteiger partial charge in [0.25, 0.3) is 0 Å². The number of hydroxylamine groups is 2. The number of rotatable bonds is 14. The quantitative estimate of drug-likeness (QED) is 0.0433. The summed E-state index contributed by atoms with van der Waals surface area (Å²) < 4.78 is 14.3. The molecule has 0 bridgehead atoms. The molecule has 15 heteroatoms. The summed E-state index contributed by atoms with van der Waals surface area (Å²) in [4.78, 5) is 49.8. The Kier molecular flexibility index (Phi) is 12.6. The molecule has 47 heavy (non-hydrogen) atoms. The molecule has 1 aliphatic rings. The summed E-state index contributed by atoms with van der Waals surface area (Å²) in [5.74, 6) is -2.10. The van der Waals surface area contributed by atoms with Crippen molar-refractivity contribution in [3.05, 3.63) is 98.7 Å². The van der Waals surface area contributed by atoms with Gasteiger partial charge in [-0.2, -0.15) is 5.21 Å². The molecule has 4 rings (SSSR count). The van der Waals surface area contributed by atoms with Crippen LogP contribution in [-0.2, 0) is 32.1 Å². The number of halogens is 1. The zero-order chi connectivity index (χ0) is 34.0. The Morgan fingerprint density at radius 2 is 1.85 bits per heavy atom. The lowest BCUT2D eigenvalue weighted by atomic mass is 10.0. The van der Waals surface area contributed by atoms with Gasteiger partial charge in [-0.25, -0.2) is 14.4 Å². The predicted molar refractivity (Wildman–Crippen MR) is 174 cm³/mol. The second kappa shape index (κ2) is 16.6. The van der Waals surface area contributed by atoms with Gasteiger partial charge >= 0.3 is 18.0 Å². The maximum atomic E-state index is 13.3. The summed E-state index contributed by atoms with van der Waals surface area (Å²) in [7, 11) is 1.20. The van der Waals surface area contributed by atoms with Crippen LogP contribution < -0.4 is 15.4 Å². The summed E-state index contributed by atoms with van der Waals surface area (Å²) in [6, 6.07) is 17.7. The van der Waals surface area contributed by atoms with Crippen molar-refractivity contribution in [2.45, 2.75) is 43.6 Å². The minimum atomic E-state index is -1.99. The molecule has 4 N–H and O–H groups in total. The molecule has 250 valence electrons. The second-order valence-electron chi connectivity index (χ2n) is 10.5. The maximum Gasteiger partial charge on any atom is 0.408 e. The molecule has 0 aliphatic carbocycles. The lowest BCUT2D eigenvalue weighted by Crippen LogP contribution is -2.48. The Morgan fingerprint density at radius 3 is 2.53 bits per heavy atom. The molecule has 3 atom stereocenters. The molecule has 1 heterocycles. The smallest absolute Gasteiger partial charge is 0.408 e. The van der Waals surface area contributed by atoms with E-state index in [1.165, 1.54) is 13.2 Å². The summed E-state index contributed by atoms with van der Waals surface area (Å²) in [5, 5.41) is 36.5. The second-order valence-corrected chi connectivity index (χ2v) is 12.6. The molecule has 0 spiro atoms. The topological polar surface area (TPSA) is 184 Å². The van der Waals surface area contributed by atoms with Gasteiger partial charge < -0.3 is 35.2 Å². The number of carbonyl (C=O) groups excluding carboxylic acids is 4. The minimum Gasteiger partial charge on any atom is -0.579 e. The van der Waals surface area contributed by atoms with Crippen molar-refractivity contribution >= 4 is 51.8 Å². The normalized spacial score (nSPS) is 17.9. The van der Waals surface area contributed by atoms with E-state index in [9.17, 15) is 34.7 Å². The SMILES string of the molecule is COC(=O)c1c(O)cccc1OCCCCNC(=O)[C@H](Cc1ccc(C2CC(=O)[N+]([O-])(O)S2)c(Br)c1)NC(=O)OCc1ccccc1. The van der Waals surface area contributed by atoms with E-state index in [1.807, 2.05) is 18.2 Å². The summed E-state index contributed by atoms with van der Waals surface area (Å²) in [6.07, 6.45) is 0.195. The Balaban J connectivity index is 1.35. The number of alkyl carbamates (subject to hydrolysis) is 1. The van der Waals surface area contributed by atoms with E-state index in [0.717, 1.165) is 5.56 Å². The van der Waals surface area contributed by atoms with Crippen LogP contribution in [0.2, 0.25) is 0 Å². The number of phenols is 1. The molecule has 1 aliphatic heterocycles. The summed E-state index contributed by atoms with van der Waals surface area (Å²) in [6.45, 7) is 0.473. The maximum absolute atomic E-state index is 13.3. The van der Waals surface area contributed by atoms with Gasteiger partial charge in [0.05, 0.1) is 20.1 Å². The van der Waals surface area contributed by atoms with Crippen LogP contribution >= 0.6 is 27.9 Å². The van der Waals surface area contributed by atoms with Crippen molar-refractivity contribution < 1.29 is 47.9 Å². The molecule has 3 amide bonds.